The van der Waals surface area contributed by atoms with E-state index in [2.05, 4.69) is 17.3 Å². The number of nitrogens with zero attached hydrogens (tertiary/aromatic N) is 1. The molecule has 2 heterocycles. The molecule has 1 N–H and O–H groups in total. The summed E-state index contributed by atoms with van der Waals surface area (Å²) < 4.78 is 0. The topological polar surface area (TPSA) is 15.3 Å². The van der Waals surface area contributed by atoms with E-state index in [4.69, 9.17) is 0 Å². The lowest BCUT2D eigenvalue weighted by molar-refractivity contribution is 0.173. The molecule has 2 aliphatic heterocycles. The predicted octanol–water partition coefficient (Wildman–Crippen LogP) is 0.442. The SMILES string of the molecule is CN1CCC[C@@H]2NCC[C@@H]21. The highest BCUT2D eigenvalue weighted by atomic mass is 15.2. The van der Waals surface area contributed by atoms with Gasteiger partial charge < -0.3 is 10.2 Å². The van der Waals surface area contributed by atoms with E-state index in [0.29, 0.717) is 0 Å². The van der Waals surface area contributed by atoms with Gasteiger partial charge >= 0.3 is 0 Å². The van der Waals surface area contributed by atoms with Gasteiger partial charge in [-0.2, -0.15) is 0 Å². The van der Waals surface area contributed by atoms with Crippen LogP contribution in [0.5, 0.6) is 0 Å². The Kier molecular flexibility index (Phi) is 1.66. The van der Waals surface area contributed by atoms with Gasteiger partial charge in [-0.1, -0.05) is 0 Å². The highest BCUT2D eigenvalue weighted by Crippen LogP contribution is 2.22. The molecule has 2 nitrogen and oxygen atoms in total. The molecule has 2 atom stereocenters. The van der Waals surface area contributed by atoms with Crippen LogP contribution < -0.4 is 5.32 Å². The Balaban J connectivity index is 2.03. The van der Waals surface area contributed by atoms with Crippen LogP contribution in [0.2, 0.25) is 0 Å². The van der Waals surface area contributed by atoms with Crippen LogP contribution in [0.4, 0.5) is 0 Å². The second-order valence-electron chi connectivity index (χ2n) is 3.54. The molecule has 0 aromatic carbocycles. The molecule has 0 aromatic heterocycles. The van der Waals surface area contributed by atoms with Crippen molar-refractivity contribution in [3.05, 3.63) is 0 Å². The van der Waals surface area contributed by atoms with E-state index in [9.17, 15) is 0 Å². The minimum atomic E-state index is 0.818. The number of hydrogen-bond acceptors (Lipinski definition) is 2. The van der Waals surface area contributed by atoms with Crippen molar-refractivity contribution >= 4 is 0 Å². The summed E-state index contributed by atoms with van der Waals surface area (Å²) in [6.45, 7) is 2.54. The minimum Gasteiger partial charge on any atom is -0.312 e. The lowest BCUT2D eigenvalue weighted by Gasteiger charge is -2.34. The van der Waals surface area contributed by atoms with E-state index in [1.807, 2.05) is 0 Å². The second-order valence-corrected chi connectivity index (χ2v) is 3.54. The van der Waals surface area contributed by atoms with Crippen LogP contribution in [0.3, 0.4) is 0 Å². The number of nitrogens with one attached hydrogen (secondary N) is 1. The molecule has 2 rings (SSSR count). The highest BCUT2D eigenvalue weighted by Gasteiger charge is 2.32. The van der Waals surface area contributed by atoms with Crippen molar-refractivity contribution in [1.82, 2.24) is 10.2 Å². The predicted molar refractivity (Wildman–Crippen MR) is 42.1 cm³/mol. The molecule has 0 amide bonds. The standard InChI is InChI=1S/C8H16N2/c1-10-6-2-3-7-8(10)4-5-9-7/h7-9H,2-6H2,1H3/t7-,8-/m0/s1. The van der Waals surface area contributed by atoms with E-state index in [1.54, 1.807) is 0 Å². The van der Waals surface area contributed by atoms with Crippen LogP contribution in [-0.4, -0.2) is 37.1 Å². The van der Waals surface area contributed by atoms with Crippen molar-refractivity contribution in [3.63, 3.8) is 0 Å². The average molecular weight is 140 g/mol. The van der Waals surface area contributed by atoms with Crippen LogP contribution in [0, 0.1) is 0 Å². The van der Waals surface area contributed by atoms with Crippen molar-refractivity contribution in [2.24, 2.45) is 0 Å². The molecule has 2 heteroatoms. The summed E-state index contributed by atoms with van der Waals surface area (Å²) >= 11 is 0. The maximum Gasteiger partial charge on any atom is 0.0258 e. The second kappa shape index (κ2) is 2.51. The Bertz CT molecular complexity index is 124. The summed E-state index contributed by atoms with van der Waals surface area (Å²) in [7, 11) is 2.25. The molecule has 0 unspecified atom stereocenters. The summed E-state index contributed by atoms with van der Waals surface area (Å²) in [4.78, 5) is 2.51. The quantitative estimate of drug-likeness (QED) is 0.525. The normalized spacial score (nSPS) is 41.7. The lowest BCUT2D eigenvalue weighted by atomic mass is 9.98. The van der Waals surface area contributed by atoms with Gasteiger partial charge in [0.25, 0.3) is 0 Å². The summed E-state index contributed by atoms with van der Waals surface area (Å²) in [6.07, 6.45) is 4.14. The van der Waals surface area contributed by atoms with Gasteiger partial charge in [0.1, 0.15) is 0 Å². The first kappa shape index (κ1) is 6.62. The summed E-state index contributed by atoms with van der Waals surface area (Å²) in [5.74, 6) is 0. The summed E-state index contributed by atoms with van der Waals surface area (Å²) in [6, 6.07) is 1.67. The third-order valence-electron chi connectivity index (χ3n) is 2.90. The number of piperidine rings is 1. The molecule has 0 saturated carbocycles. The first-order valence-corrected chi connectivity index (χ1v) is 4.31. The maximum atomic E-state index is 3.55. The number of likely N-dealkylation sites (tertiary alicyclic amines) is 1. The third kappa shape index (κ3) is 0.956. The highest BCUT2D eigenvalue weighted by molar-refractivity contribution is 4.92. The maximum absolute atomic E-state index is 3.55. The number of hydrogen-bond donors (Lipinski definition) is 1. The first-order valence-electron chi connectivity index (χ1n) is 4.31. The average Bonchev–Trinajstić information content (AvgIpc) is 2.36. The van der Waals surface area contributed by atoms with Gasteiger partial charge in [-0.15, -0.1) is 0 Å². The molecular formula is C8H16N2. The largest absolute Gasteiger partial charge is 0.312 e. The van der Waals surface area contributed by atoms with E-state index in [1.165, 1.54) is 32.4 Å². The smallest absolute Gasteiger partial charge is 0.0258 e. The van der Waals surface area contributed by atoms with E-state index < -0.39 is 0 Å². The van der Waals surface area contributed by atoms with Gasteiger partial charge in [-0.3, -0.25) is 0 Å². The molecule has 0 bridgehead atoms. The molecule has 58 valence electrons. The zero-order valence-electron chi connectivity index (χ0n) is 6.64. The van der Waals surface area contributed by atoms with Gasteiger partial charge in [-0.25, -0.2) is 0 Å². The molecule has 10 heavy (non-hydrogen) atoms. The number of fused-ring (bicyclic) bond motifs is 1. The molecule has 0 aromatic rings. The Morgan fingerprint density at radius 3 is 3.10 bits per heavy atom. The Labute approximate surface area is 62.6 Å². The van der Waals surface area contributed by atoms with Crippen molar-refractivity contribution in [1.29, 1.82) is 0 Å². The van der Waals surface area contributed by atoms with Gasteiger partial charge in [-0.05, 0) is 39.4 Å². The van der Waals surface area contributed by atoms with E-state index >= 15 is 0 Å². The Morgan fingerprint density at radius 2 is 2.30 bits per heavy atom. The number of likely N-dealkylation sites (N-methyl/N-ethyl adjacent to an activating group) is 1. The summed E-state index contributed by atoms with van der Waals surface area (Å²) in [5.41, 5.74) is 0. The number of rotatable bonds is 0. The molecule has 2 aliphatic rings. The van der Waals surface area contributed by atoms with Gasteiger partial charge in [0.15, 0.2) is 0 Å². The fraction of sp³-hybridized carbons (Fsp3) is 1.00. The van der Waals surface area contributed by atoms with Gasteiger partial charge in [0.2, 0.25) is 0 Å². The van der Waals surface area contributed by atoms with E-state index in [-0.39, 0.29) is 0 Å². The lowest BCUT2D eigenvalue weighted by Crippen LogP contribution is -2.46. The Morgan fingerprint density at radius 1 is 1.40 bits per heavy atom. The van der Waals surface area contributed by atoms with Crippen molar-refractivity contribution in [3.8, 4) is 0 Å². The monoisotopic (exact) mass is 140 g/mol. The minimum absolute atomic E-state index is 0.818. The molecule has 0 aliphatic carbocycles. The van der Waals surface area contributed by atoms with Crippen molar-refractivity contribution < 1.29 is 0 Å². The third-order valence-corrected chi connectivity index (χ3v) is 2.90. The van der Waals surface area contributed by atoms with Crippen LogP contribution in [0.15, 0.2) is 0 Å². The van der Waals surface area contributed by atoms with Crippen molar-refractivity contribution in [2.75, 3.05) is 20.1 Å². The molecule has 0 spiro atoms. The van der Waals surface area contributed by atoms with Crippen LogP contribution in [0.1, 0.15) is 19.3 Å². The zero-order chi connectivity index (χ0) is 6.97. The molecular weight excluding hydrogens is 124 g/mol. The fourth-order valence-corrected chi connectivity index (χ4v) is 2.30. The van der Waals surface area contributed by atoms with Gasteiger partial charge in [0, 0.05) is 12.1 Å². The Hall–Kier alpha value is -0.0800. The molecule has 2 fully saturated rings. The van der Waals surface area contributed by atoms with Gasteiger partial charge in [0.05, 0.1) is 0 Å². The fourth-order valence-electron chi connectivity index (χ4n) is 2.30. The van der Waals surface area contributed by atoms with Crippen molar-refractivity contribution in [2.45, 2.75) is 31.3 Å². The first-order chi connectivity index (χ1) is 4.88. The van der Waals surface area contributed by atoms with Crippen LogP contribution in [-0.2, 0) is 0 Å². The van der Waals surface area contributed by atoms with E-state index in [0.717, 1.165) is 12.1 Å². The van der Waals surface area contributed by atoms with Crippen LogP contribution >= 0.6 is 0 Å². The molecule has 0 radical (unpaired) electrons. The zero-order valence-corrected chi connectivity index (χ0v) is 6.64. The summed E-state index contributed by atoms with van der Waals surface area (Å²) in [5, 5.41) is 3.55. The molecule has 2 saturated heterocycles. The van der Waals surface area contributed by atoms with Crippen LogP contribution in [0.25, 0.3) is 0 Å².